The molecule has 1 aliphatic rings. The highest BCUT2D eigenvalue weighted by Crippen LogP contribution is 2.36. The molecule has 96 valence electrons. The van der Waals surface area contributed by atoms with E-state index < -0.39 is 4.92 Å². The first kappa shape index (κ1) is 13.0. The van der Waals surface area contributed by atoms with Gasteiger partial charge in [0.15, 0.2) is 0 Å². The molecular weight excluding hydrogens is 300 g/mol. The van der Waals surface area contributed by atoms with Gasteiger partial charge in [0.1, 0.15) is 0 Å². The first-order valence-corrected chi connectivity index (χ1v) is 6.66. The highest BCUT2D eigenvalue weighted by Gasteiger charge is 2.29. The van der Waals surface area contributed by atoms with Gasteiger partial charge in [-0.1, -0.05) is 15.9 Å². The normalized spacial score (nSPS) is 16.1. The van der Waals surface area contributed by atoms with Crippen LogP contribution in [0, 0.1) is 16.0 Å². The Morgan fingerprint density at radius 1 is 1.44 bits per heavy atom. The zero-order valence-corrected chi connectivity index (χ0v) is 11.2. The fourth-order valence-corrected chi connectivity index (χ4v) is 2.34. The number of carbonyl (C=O) groups excluding carboxylic acids is 1. The second kappa shape index (κ2) is 5.48. The molecule has 1 aliphatic carbocycles. The molecule has 6 heteroatoms. The van der Waals surface area contributed by atoms with Crippen LogP contribution in [-0.2, 0) is 0 Å². The van der Waals surface area contributed by atoms with Crippen LogP contribution in [0.4, 0.5) is 5.69 Å². The van der Waals surface area contributed by atoms with Crippen LogP contribution in [0.25, 0.3) is 0 Å². The largest absolute Gasteiger partial charge is 0.351 e. The number of nitrogens with zero attached hydrogens (tertiary/aromatic N) is 1. The lowest BCUT2D eigenvalue weighted by Crippen LogP contribution is -2.30. The van der Waals surface area contributed by atoms with Gasteiger partial charge in [0, 0.05) is 29.1 Å². The summed E-state index contributed by atoms with van der Waals surface area (Å²) in [6.45, 7) is 0.584. The number of nitro benzene ring substituents is 1. The van der Waals surface area contributed by atoms with Crippen molar-refractivity contribution in [3.05, 3.63) is 39.9 Å². The SMILES string of the molecule is O=C(NCC(Br)C1CC1)c1ccc([N+](=O)[O-])cc1. The van der Waals surface area contributed by atoms with E-state index in [0.29, 0.717) is 22.9 Å². The lowest BCUT2D eigenvalue weighted by Gasteiger charge is -2.09. The average molecular weight is 313 g/mol. The van der Waals surface area contributed by atoms with E-state index in [-0.39, 0.29) is 11.6 Å². The molecule has 0 spiro atoms. The molecule has 5 nitrogen and oxygen atoms in total. The number of hydrogen-bond acceptors (Lipinski definition) is 3. The first-order chi connectivity index (χ1) is 8.58. The van der Waals surface area contributed by atoms with E-state index >= 15 is 0 Å². The van der Waals surface area contributed by atoms with E-state index in [0.717, 1.165) is 0 Å². The molecule has 18 heavy (non-hydrogen) atoms. The van der Waals surface area contributed by atoms with Crippen molar-refractivity contribution in [3.8, 4) is 0 Å². The van der Waals surface area contributed by atoms with Crippen molar-refractivity contribution in [2.75, 3.05) is 6.54 Å². The highest BCUT2D eigenvalue weighted by molar-refractivity contribution is 9.09. The Morgan fingerprint density at radius 2 is 2.06 bits per heavy atom. The molecular formula is C12H13BrN2O3. The van der Waals surface area contributed by atoms with Crippen molar-refractivity contribution in [1.82, 2.24) is 5.32 Å². The van der Waals surface area contributed by atoms with Crippen molar-refractivity contribution in [1.29, 1.82) is 0 Å². The van der Waals surface area contributed by atoms with Gasteiger partial charge < -0.3 is 5.32 Å². The maximum atomic E-state index is 11.8. The summed E-state index contributed by atoms with van der Waals surface area (Å²) in [6.07, 6.45) is 2.42. The molecule has 1 N–H and O–H groups in total. The summed E-state index contributed by atoms with van der Waals surface area (Å²) in [7, 11) is 0. The highest BCUT2D eigenvalue weighted by atomic mass is 79.9. The van der Waals surface area contributed by atoms with E-state index in [1.807, 2.05) is 0 Å². The van der Waals surface area contributed by atoms with Gasteiger partial charge in [0.2, 0.25) is 0 Å². The Balaban J connectivity index is 1.89. The Morgan fingerprint density at radius 3 is 2.56 bits per heavy atom. The minimum Gasteiger partial charge on any atom is -0.351 e. The van der Waals surface area contributed by atoms with Gasteiger partial charge in [-0.25, -0.2) is 0 Å². The van der Waals surface area contributed by atoms with Crippen molar-refractivity contribution < 1.29 is 9.72 Å². The molecule has 1 atom stereocenters. The molecule has 0 bridgehead atoms. The topological polar surface area (TPSA) is 72.2 Å². The van der Waals surface area contributed by atoms with Gasteiger partial charge in [0.05, 0.1) is 4.92 Å². The van der Waals surface area contributed by atoms with Gasteiger partial charge in [-0.2, -0.15) is 0 Å². The van der Waals surface area contributed by atoms with E-state index in [1.165, 1.54) is 37.1 Å². The number of hydrogen-bond donors (Lipinski definition) is 1. The zero-order chi connectivity index (χ0) is 13.1. The molecule has 1 fully saturated rings. The maximum absolute atomic E-state index is 11.8. The number of halogens is 1. The molecule has 1 aromatic carbocycles. The Bertz CT molecular complexity index is 457. The Labute approximate surface area is 113 Å². The molecule has 1 unspecified atom stereocenters. The number of rotatable bonds is 5. The molecule has 0 aromatic heterocycles. The van der Waals surface area contributed by atoms with Crippen LogP contribution in [0.3, 0.4) is 0 Å². The molecule has 1 saturated carbocycles. The van der Waals surface area contributed by atoms with Crippen molar-refractivity contribution >= 4 is 27.5 Å². The molecule has 0 heterocycles. The summed E-state index contributed by atoms with van der Waals surface area (Å²) in [5.41, 5.74) is 0.430. The monoisotopic (exact) mass is 312 g/mol. The van der Waals surface area contributed by atoms with Crippen LogP contribution in [0.15, 0.2) is 24.3 Å². The number of nitro groups is 1. The Hall–Kier alpha value is -1.43. The summed E-state index contributed by atoms with van der Waals surface area (Å²) >= 11 is 3.53. The smallest absolute Gasteiger partial charge is 0.269 e. The van der Waals surface area contributed by atoms with E-state index in [2.05, 4.69) is 21.2 Å². The molecule has 0 aliphatic heterocycles. The summed E-state index contributed by atoms with van der Waals surface area (Å²) in [5, 5.41) is 13.3. The third kappa shape index (κ3) is 3.29. The molecule has 2 rings (SSSR count). The van der Waals surface area contributed by atoms with Crippen LogP contribution in [0.1, 0.15) is 23.2 Å². The van der Waals surface area contributed by atoms with Crippen LogP contribution < -0.4 is 5.32 Å². The van der Waals surface area contributed by atoms with Gasteiger partial charge >= 0.3 is 0 Å². The summed E-state index contributed by atoms with van der Waals surface area (Å²) < 4.78 is 0. The fourth-order valence-electron chi connectivity index (χ4n) is 1.65. The number of amides is 1. The van der Waals surface area contributed by atoms with E-state index in [1.54, 1.807) is 0 Å². The summed E-state index contributed by atoms with van der Waals surface area (Å²) in [6, 6.07) is 5.60. The fraction of sp³-hybridized carbons (Fsp3) is 0.417. The van der Waals surface area contributed by atoms with Crippen LogP contribution >= 0.6 is 15.9 Å². The van der Waals surface area contributed by atoms with Crippen molar-refractivity contribution in [2.24, 2.45) is 5.92 Å². The standard InChI is InChI=1S/C12H13BrN2O3/c13-11(8-1-2-8)7-14-12(16)9-3-5-10(6-4-9)15(17)18/h3-6,8,11H,1-2,7H2,(H,14,16). The third-order valence-electron chi connectivity index (χ3n) is 2.93. The number of benzene rings is 1. The van der Waals surface area contributed by atoms with Gasteiger partial charge in [-0.3, -0.25) is 14.9 Å². The first-order valence-electron chi connectivity index (χ1n) is 5.74. The summed E-state index contributed by atoms with van der Waals surface area (Å²) in [4.78, 5) is 22.1. The number of non-ortho nitro benzene ring substituents is 1. The minimum absolute atomic E-state index is 0.0112. The molecule has 0 radical (unpaired) electrons. The predicted octanol–water partition coefficient (Wildman–Crippen LogP) is 2.50. The Kier molecular flexibility index (Phi) is 3.96. The number of nitrogens with one attached hydrogen (secondary N) is 1. The maximum Gasteiger partial charge on any atom is 0.269 e. The molecule has 0 saturated heterocycles. The second-order valence-electron chi connectivity index (χ2n) is 4.37. The van der Waals surface area contributed by atoms with Gasteiger partial charge in [-0.15, -0.1) is 0 Å². The average Bonchev–Trinajstić information content (AvgIpc) is 3.20. The van der Waals surface area contributed by atoms with E-state index in [9.17, 15) is 14.9 Å². The van der Waals surface area contributed by atoms with Crippen molar-refractivity contribution in [3.63, 3.8) is 0 Å². The minimum atomic E-state index is -0.483. The summed E-state index contributed by atoms with van der Waals surface area (Å²) in [5.74, 6) is 0.470. The molecule has 1 aromatic rings. The quantitative estimate of drug-likeness (QED) is 0.516. The molecule has 1 amide bonds. The third-order valence-corrected chi connectivity index (χ3v) is 4.00. The number of alkyl halides is 1. The lowest BCUT2D eigenvalue weighted by atomic mass is 10.2. The predicted molar refractivity (Wildman–Crippen MR) is 70.9 cm³/mol. The van der Waals surface area contributed by atoms with Gasteiger partial charge in [0.25, 0.3) is 11.6 Å². The number of carbonyl (C=O) groups is 1. The van der Waals surface area contributed by atoms with Gasteiger partial charge in [-0.05, 0) is 30.9 Å². The lowest BCUT2D eigenvalue weighted by molar-refractivity contribution is -0.384. The van der Waals surface area contributed by atoms with Crippen LogP contribution in [0.2, 0.25) is 0 Å². The van der Waals surface area contributed by atoms with Crippen LogP contribution in [0.5, 0.6) is 0 Å². The van der Waals surface area contributed by atoms with Crippen molar-refractivity contribution in [2.45, 2.75) is 17.7 Å². The second-order valence-corrected chi connectivity index (χ2v) is 5.54. The van der Waals surface area contributed by atoms with Crippen LogP contribution in [-0.4, -0.2) is 22.2 Å². The van der Waals surface area contributed by atoms with E-state index in [4.69, 9.17) is 0 Å². The zero-order valence-electron chi connectivity index (χ0n) is 9.64.